The Morgan fingerprint density at radius 3 is 2.72 bits per heavy atom. The molecule has 1 rings (SSSR count). The molecule has 100 valence electrons. The Kier molecular flexibility index (Phi) is 6.31. The van der Waals surface area contributed by atoms with Gasteiger partial charge in [-0.15, -0.1) is 11.3 Å². The molecule has 0 aliphatic carbocycles. The normalized spacial score (nSPS) is 12.1. The number of carbonyl (C=O) groups is 2. The highest BCUT2D eigenvalue weighted by atomic mass is 79.9. The molecular weight excluding hydrogens is 322 g/mol. The van der Waals surface area contributed by atoms with E-state index in [0.717, 1.165) is 10.2 Å². The number of hydrogen-bond donors (Lipinski definition) is 3. The molecule has 0 saturated carbocycles. The number of carbonyl (C=O) groups excluding carboxylic acids is 1. The summed E-state index contributed by atoms with van der Waals surface area (Å²) in [6.45, 7) is -0.251. The van der Waals surface area contributed by atoms with Crippen molar-refractivity contribution in [3.05, 3.63) is 20.8 Å². The molecule has 0 bridgehead atoms. The van der Waals surface area contributed by atoms with Gasteiger partial charge in [0, 0.05) is 11.3 Å². The van der Waals surface area contributed by atoms with Gasteiger partial charge in [-0.05, 0) is 40.9 Å². The van der Waals surface area contributed by atoms with Gasteiger partial charge < -0.3 is 15.5 Å². The number of aryl methyl sites for hydroxylation is 1. The maximum atomic E-state index is 11.3. The summed E-state index contributed by atoms with van der Waals surface area (Å²) >= 11 is 4.99. The van der Waals surface area contributed by atoms with E-state index in [1.54, 1.807) is 11.3 Å². The van der Waals surface area contributed by atoms with Gasteiger partial charge in [-0.3, -0.25) is 4.79 Å². The van der Waals surface area contributed by atoms with Crippen LogP contribution in [0.1, 0.15) is 17.7 Å². The van der Waals surface area contributed by atoms with Gasteiger partial charge in [-0.1, -0.05) is 0 Å². The van der Waals surface area contributed by atoms with Gasteiger partial charge in [-0.2, -0.15) is 0 Å². The summed E-state index contributed by atoms with van der Waals surface area (Å²) in [6.07, 6.45) is 0.289. The van der Waals surface area contributed by atoms with Crippen LogP contribution >= 0.6 is 27.3 Å². The predicted octanol–water partition coefficient (Wildman–Crippen LogP) is 1.40. The minimum atomic E-state index is -1.54. The van der Waals surface area contributed by atoms with Crippen LogP contribution in [0, 0.1) is 0 Å². The third kappa shape index (κ3) is 5.61. The van der Waals surface area contributed by atoms with Crippen molar-refractivity contribution in [1.82, 2.24) is 5.32 Å². The third-order valence-electron chi connectivity index (χ3n) is 2.23. The Morgan fingerprint density at radius 1 is 1.44 bits per heavy atom. The van der Waals surface area contributed by atoms with Crippen molar-refractivity contribution >= 4 is 39.1 Å². The first-order chi connectivity index (χ1) is 8.49. The summed E-state index contributed by atoms with van der Waals surface area (Å²) in [5, 5.41) is 19.8. The first kappa shape index (κ1) is 15.1. The lowest BCUT2D eigenvalue weighted by atomic mass is 10.2. The minimum Gasteiger partial charge on any atom is -0.479 e. The highest BCUT2D eigenvalue weighted by molar-refractivity contribution is 9.11. The summed E-state index contributed by atoms with van der Waals surface area (Å²) in [7, 11) is 0. The molecule has 0 saturated heterocycles. The Hall–Kier alpha value is -0.920. The molecule has 0 aromatic carbocycles. The van der Waals surface area contributed by atoms with E-state index in [4.69, 9.17) is 10.2 Å². The van der Waals surface area contributed by atoms with Crippen LogP contribution in [0.15, 0.2) is 15.9 Å². The number of aliphatic carboxylic acids is 1. The second-order valence-electron chi connectivity index (χ2n) is 3.72. The number of aliphatic hydroxyl groups excluding tert-OH is 1. The molecule has 0 radical (unpaired) electrons. The van der Waals surface area contributed by atoms with Crippen molar-refractivity contribution in [2.75, 3.05) is 6.54 Å². The highest BCUT2D eigenvalue weighted by Gasteiger charge is 2.13. The summed E-state index contributed by atoms with van der Waals surface area (Å²) in [5.74, 6) is -1.58. The fraction of sp³-hybridized carbons (Fsp3) is 0.455. The molecule has 5 nitrogen and oxygen atoms in total. The van der Waals surface area contributed by atoms with Crippen molar-refractivity contribution in [3.63, 3.8) is 0 Å². The summed E-state index contributed by atoms with van der Waals surface area (Å²) in [6, 6.07) is 3.96. The lowest BCUT2D eigenvalue weighted by molar-refractivity contribution is -0.146. The van der Waals surface area contributed by atoms with E-state index in [0.29, 0.717) is 12.8 Å². The van der Waals surface area contributed by atoms with Gasteiger partial charge in [0.15, 0.2) is 6.10 Å². The number of carboxylic acid groups (broad SMARTS) is 1. The second-order valence-corrected chi connectivity index (χ2v) is 6.27. The number of amides is 1. The SMILES string of the molecule is O=C(CCCc1ccc(Br)s1)NC[C@H](O)C(=O)O. The predicted molar refractivity (Wildman–Crippen MR) is 71.6 cm³/mol. The van der Waals surface area contributed by atoms with E-state index in [9.17, 15) is 9.59 Å². The number of aliphatic hydroxyl groups is 1. The Labute approximate surface area is 117 Å². The van der Waals surface area contributed by atoms with Crippen molar-refractivity contribution in [1.29, 1.82) is 0 Å². The number of thiophene rings is 1. The largest absolute Gasteiger partial charge is 0.479 e. The highest BCUT2D eigenvalue weighted by Crippen LogP contribution is 2.23. The van der Waals surface area contributed by atoms with Crippen LogP contribution in [0.2, 0.25) is 0 Å². The minimum absolute atomic E-state index is 0.245. The fourth-order valence-corrected chi connectivity index (χ4v) is 2.82. The van der Waals surface area contributed by atoms with Crippen LogP contribution < -0.4 is 5.32 Å². The lowest BCUT2D eigenvalue weighted by Gasteiger charge is -2.07. The van der Waals surface area contributed by atoms with Crippen LogP contribution in [0.5, 0.6) is 0 Å². The van der Waals surface area contributed by atoms with Gasteiger partial charge in [0.2, 0.25) is 5.91 Å². The van der Waals surface area contributed by atoms with E-state index < -0.39 is 12.1 Å². The van der Waals surface area contributed by atoms with E-state index in [-0.39, 0.29) is 12.5 Å². The van der Waals surface area contributed by atoms with Crippen LogP contribution in [-0.4, -0.2) is 34.7 Å². The number of nitrogens with one attached hydrogen (secondary N) is 1. The molecule has 18 heavy (non-hydrogen) atoms. The van der Waals surface area contributed by atoms with Gasteiger partial charge in [0.25, 0.3) is 0 Å². The average molecular weight is 336 g/mol. The summed E-state index contributed by atoms with van der Waals surface area (Å²) in [5.41, 5.74) is 0. The van der Waals surface area contributed by atoms with E-state index in [1.807, 2.05) is 12.1 Å². The second kappa shape index (κ2) is 7.50. The molecular formula is C11H14BrNO4S. The van der Waals surface area contributed by atoms with Crippen molar-refractivity contribution in [3.8, 4) is 0 Å². The summed E-state index contributed by atoms with van der Waals surface area (Å²) < 4.78 is 1.06. The standard InChI is InChI=1S/C11H14BrNO4S/c12-9-5-4-7(18-9)2-1-3-10(15)13-6-8(14)11(16)17/h4-5,8,14H,1-3,6H2,(H,13,15)(H,16,17)/t8-/m0/s1. The fourth-order valence-electron chi connectivity index (χ4n) is 1.30. The molecule has 0 fully saturated rings. The topological polar surface area (TPSA) is 86.6 Å². The maximum absolute atomic E-state index is 11.3. The molecule has 1 heterocycles. The molecule has 7 heteroatoms. The van der Waals surface area contributed by atoms with Crippen LogP contribution in [0.3, 0.4) is 0 Å². The van der Waals surface area contributed by atoms with E-state index in [1.165, 1.54) is 4.88 Å². The molecule has 0 aliphatic rings. The number of hydrogen-bond acceptors (Lipinski definition) is 4. The zero-order valence-electron chi connectivity index (χ0n) is 9.56. The molecule has 0 aliphatic heterocycles. The molecule has 1 atom stereocenters. The molecule has 0 spiro atoms. The zero-order chi connectivity index (χ0) is 13.5. The molecule has 1 aromatic heterocycles. The van der Waals surface area contributed by atoms with Gasteiger partial charge >= 0.3 is 5.97 Å². The first-order valence-corrected chi connectivity index (χ1v) is 7.02. The molecule has 1 aromatic rings. The third-order valence-corrected chi connectivity index (χ3v) is 3.92. The van der Waals surface area contributed by atoms with Gasteiger partial charge in [0.05, 0.1) is 10.3 Å². The van der Waals surface area contributed by atoms with Crippen molar-refractivity contribution in [2.45, 2.75) is 25.4 Å². The number of carboxylic acids is 1. The van der Waals surface area contributed by atoms with Crippen molar-refractivity contribution < 1.29 is 19.8 Å². The van der Waals surface area contributed by atoms with Crippen LogP contribution in [0.25, 0.3) is 0 Å². The first-order valence-electron chi connectivity index (χ1n) is 5.41. The van der Waals surface area contributed by atoms with Crippen LogP contribution in [-0.2, 0) is 16.0 Å². The van der Waals surface area contributed by atoms with Crippen molar-refractivity contribution in [2.24, 2.45) is 0 Å². The summed E-state index contributed by atoms with van der Waals surface area (Å²) in [4.78, 5) is 22.8. The molecule has 1 amide bonds. The molecule has 0 unspecified atom stereocenters. The average Bonchev–Trinajstić information content (AvgIpc) is 2.71. The Balaban J connectivity index is 2.15. The Bertz CT molecular complexity index is 421. The quantitative estimate of drug-likeness (QED) is 0.702. The smallest absolute Gasteiger partial charge is 0.334 e. The van der Waals surface area contributed by atoms with E-state index >= 15 is 0 Å². The Morgan fingerprint density at radius 2 is 2.17 bits per heavy atom. The maximum Gasteiger partial charge on any atom is 0.334 e. The van der Waals surface area contributed by atoms with E-state index in [2.05, 4.69) is 21.2 Å². The molecule has 3 N–H and O–H groups in total. The van der Waals surface area contributed by atoms with Gasteiger partial charge in [-0.25, -0.2) is 4.79 Å². The number of rotatable bonds is 7. The number of halogens is 1. The lowest BCUT2D eigenvalue weighted by Crippen LogP contribution is -2.36. The van der Waals surface area contributed by atoms with Gasteiger partial charge in [0.1, 0.15) is 0 Å². The van der Waals surface area contributed by atoms with Crippen LogP contribution in [0.4, 0.5) is 0 Å². The monoisotopic (exact) mass is 335 g/mol. The zero-order valence-corrected chi connectivity index (χ0v) is 12.0.